The Hall–Kier alpha value is -1.66. The summed E-state index contributed by atoms with van der Waals surface area (Å²) in [5.41, 5.74) is 1.40. The van der Waals surface area contributed by atoms with Crippen molar-refractivity contribution in [3.63, 3.8) is 0 Å². The van der Waals surface area contributed by atoms with E-state index in [1.165, 1.54) is 0 Å². The van der Waals surface area contributed by atoms with Crippen LogP contribution in [0.1, 0.15) is 17.3 Å². The molecule has 1 aromatic carbocycles. The van der Waals surface area contributed by atoms with Crippen molar-refractivity contribution in [3.05, 3.63) is 46.7 Å². The number of carbonyl (C=O) groups is 1. The average molecular weight is 338 g/mol. The molecule has 0 saturated heterocycles. The lowest BCUT2D eigenvalue weighted by molar-refractivity contribution is 0.0732. The topological polar surface area (TPSA) is 58.4 Å². The van der Waals surface area contributed by atoms with Crippen LogP contribution in [0.4, 0.5) is 0 Å². The van der Waals surface area contributed by atoms with Gasteiger partial charge in [-0.15, -0.1) is 0 Å². The molecule has 0 saturated carbocycles. The summed E-state index contributed by atoms with van der Waals surface area (Å²) in [4.78, 5) is 13.8. The van der Waals surface area contributed by atoms with E-state index in [1.54, 1.807) is 22.0 Å². The minimum Gasteiger partial charge on any atom is -0.395 e. The number of halogens is 1. The predicted molar refractivity (Wildman–Crippen MR) is 79.9 cm³/mol. The van der Waals surface area contributed by atoms with E-state index in [0.29, 0.717) is 18.7 Å². The van der Waals surface area contributed by atoms with Crippen molar-refractivity contribution in [2.75, 3.05) is 19.7 Å². The Labute approximate surface area is 126 Å². The first-order valence-corrected chi connectivity index (χ1v) is 7.15. The van der Waals surface area contributed by atoms with E-state index in [1.807, 2.05) is 31.2 Å². The number of hydrogen-bond acceptors (Lipinski definition) is 3. The van der Waals surface area contributed by atoms with E-state index in [-0.39, 0.29) is 12.5 Å². The van der Waals surface area contributed by atoms with Crippen LogP contribution in [0.3, 0.4) is 0 Å². The van der Waals surface area contributed by atoms with Crippen LogP contribution in [0.25, 0.3) is 5.69 Å². The van der Waals surface area contributed by atoms with E-state index in [0.717, 1.165) is 10.2 Å². The largest absolute Gasteiger partial charge is 0.395 e. The lowest BCUT2D eigenvalue weighted by Crippen LogP contribution is -2.33. The van der Waals surface area contributed by atoms with E-state index in [2.05, 4.69) is 21.0 Å². The Morgan fingerprint density at radius 2 is 2.10 bits per heavy atom. The van der Waals surface area contributed by atoms with Gasteiger partial charge >= 0.3 is 0 Å². The second-order valence-corrected chi connectivity index (χ2v) is 5.17. The highest BCUT2D eigenvalue weighted by Crippen LogP contribution is 2.14. The van der Waals surface area contributed by atoms with Gasteiger partial charge < -0.3 is 10.0 Å². The molecule has 106 valence electrons. The lowest BCUT2D eigenvalue weighted by Gasteiger charge is -2.18. The van der Waals surface area contributed by atoms with Gasteiger partial charge in [0.15, 0.2) is 0 Å². The van der Waals surface area contributed by atoms with Gasteiger partial charge in [-0.3, -0.25) is 4.79 Å². The number of amides is 1. The Kier molecular flexibility index (Phi) is 4.92. The van der Waals surface area contributed by atoms with Gasteiger partial charge in [0.1, 0.15) is 0 Å². The molecule has 2 aromatic rings. The van der Waals surface area contributed by atoms with E-state index in [9.17, 15) is 4.79 Å². The molecular weight excluding hydrogens is 322 g/mol. The Morgan fingerprint density at radius 3 is 2.70 bits per heavy atom. The van der Waals surface area contributed by atoms with Gasteiger partial charge in [-0.1, -0.05) is 15.9 Å². The maximum absolute atomic E-state index is 12.2. The van der Waals surface area contributed by atoms with Crippen LogP contribution in [-0.2, 0) is 0 Å². The zero-order chi connectivity index (χ0) is 14.5. The predicted octanol–water partition coefficient (Wildman–Crippen LogP) is 2.09. The van der Waals surface area contributed by atoms with Gasteiger partial charge in [0, 0.05) is 23.8 Å². The monoisotopic (exact) mass is 337 g/mol. The van der Waals surface area contributed by atoms with Gasteiger partial charge in [-0.25, -0.2) is 4.68 Å². The van der Waals surface area contributed by atoms with Crippen LogP contribution < -0.4 is 0 Å². The smallest absolute Gasteiger partial charge is 0.257 e. The van der Waals surface area contributed by atoms with Crippen molar-refractivity contribution in [2.45, 2.75) is 6.92 Å². The zero-order valence-corrected chi connectivity index (χ0v) is 12.7. The first kappa shape index (κ1) is 14.7. The van der Waals surface area contributed by atoms with E-state index >= 15 is 0 Å². The molecule has 1 aromatic heterocycles. The van der Waals surface area contributed by atoms with Crippen molar-refractivity contribution in [1.82, 2.24) is 14.7 Å². The van der Waals surface area contributed by atoms with Crippen LogP contribution in [0, 0.1) is 0 Å². The summed E-state index contributed by atoms with van der Waals surface area (Å²) in [5.74, 6) is -0.120. The van der Waals surface area contributed by atoms with Crippen LogP contribution in [0.5, 0.6) is 0 Å². The molecule has 0 fully saturated rings. The number of aliphatic hydroxyl groups excluding tert-OH is 1. The normalized spacial score (nSPS) is 10.6. The molecule has 0 aliphatic rings. The quantitative estimate of drug-likeness (QED) is 0.908. The molecule has 1 heterocycles. The number of aliphatic hydroxyl groups is 1. The molecule has 0 unspecified atom stereocenters. The van der Waals surface area contributed by atoms with Crippen molar-refractivity contribution >= 4 is 21.8 Å². The van der Waals surface area contributed by atoms with E-state index in [4.69, 9.17) is 5.11 Å². The highest BCUT2D eigenvalue weighted by atomic mass is 79.9. The van der Waals surface area contributed by atoms with Crippen molar-refractivity contribution < 1.29 is 9.90 Å². The maximum Gasteiger partial charge on any atom is 0.257 e. The summed E-state index contributed by atoms with van der Waals surface area (Å²) in [6.45, 7) is 2.73. The van der Waals surface area contributed by atoms with Crippen LogP contribution in [-0.4, -0.2) is 45.4 Å². The first-order chi connectivity index (χ1) is 9.65. The minimum absolute atomic E-state index is 0.0412. The first-order valence-electron chi connectivity index (χ1n) is 6.36. The summed E-state index contributed by atoms with van der Waals surface area (Å²) in [6.07, 6.45) is 3.25. The van der Waals surface area contributed by atoms with Gasteiger partial charge in [0.05, 0.1) is 24.1 Å². The van der Waals surface area contributed by atoms with Crippen LogP contribution in [0.2, 0.25) is 0 Å². The fourth-order valence-corrected chi connectivity index (χ4v) is 2.14. The fraction of sp³-hybridized carbons (Fsp3) is 0.286. The van der Waals surface area contributed by atoms with E-state index < -0.39 is 0 Å². The summed E-state index contributed by atoms with van der Waals surface area (Å²) >= 11 is 3.38. The molecule has 0 spiro atoms. The zero-order valence-electron chi connectivity index (χ0n) is 11.2. The summed E-state index contributed by atoms with van der Waals surface area (Å²) in [7, 11) is 0. The third-order valence-electron chi connectivity index (χ3n) is 2.96. The van der Waals surface area contributed by atoms with Gasteiger partial charge in [0.2, 0.25) is 0 Å². The SMILES string of the molecule is CCN(CCO)C(=O)c1cnn(-c2ccc(Br)cc2)c1. The van der Waals surface area contributed by atoms with Gasteiger partial charge in [-0.2, -0.15) is 5.10 Å². The number of aromatic nitrogens is 2. The van der Waals surface area contributed by atoms with Gasteiger partial charge in [-0.05, 0) is 31.2 Å². The molecule has 0 radical (unpaired) electrons. The number of carbonyl (C=O) groups excluding carboxylic acids is 1. The van der Waals surface area contributed by atoms with Crippen LogP contribution in [0.15, 0.2) is 41.1 Å². The Balaban J connectivity index is 2.20. The number of rotatable bonds is 5. The Bertz CT molecular complexity index is 580. The summed E-state index contributed by atoms with van der Waals surface area (Å²) in [6, 6.07) is 7.67. The highest BCUT2D eigenvalue weighted by molar-refractivity contribution is 9.10. The van der Waals surface area contributed by atoms with Gasteiger partial charge in [0.25, 0.3) is 5.91 Å². The molecule has 1 amide bonds. The third-order valence-corrected chi connectivity index (χ3v) is 3.49. The molecule has 0 aliphatic heterocycles. The number of nitrogens with zero attached hydrogens (tertiary/aromatic N) is 3. The standard InChI is InChI=1S/C14H16BrN3O2/c1-2-17(7-8-19)14(20)11-9-16-18(10-11)13-5-3-12(15)4-6-13/h3-6,9-10,19H,2,7-8H2,1H3. The number of hydrogen-bond donors (Lipinski definition) is 1. The average Bonchev–Trinajstić information content (AvgIpc) is 2.94. The molecule has 6 heteroatoms. The second kappa shape index (κ2) is 6.67. The molecule has 0 atom stereocenters. The highest BCUT2D eigenvalue weighted by Gasteiger charge is 2.15. The molecule has 2 rings (SSSR count). The molecule has 20 heavy (non-hydrogen) atoms. The van der Waals surface area contributed by atoms with Crippen molar-refractivity contribution in [3.8, 4) is 5.69 Å². The second-order valence-electron chi connectivity index (χ2n) is 4.26. The third kappa shape index (κ3) is 3.26. The fourth-order valence-electron chi connectivity index (χ4n) is 1.87. The Morgan fingerprint density at radius 1 is 1.40 bits per heavy atom. The van der Waals surface area contributed by atoms with Crippen molar-refractivity contribution in [1.29, 1.82) is 0 Å². The van der Waals surface area contributed by atoms with Crippen molar-refractivity contribution in [2.24, 2.45) is 0 Å². The molecule has 5 nitrogen and oxygen atoms in total. The lowest BCUT2D eigenvalue weighted by atomic mass is 10.3. The minimum atomic E-state index is -0.120. The maximum atomic E-state index is 12.2. The molecule has 0 aliphatic carbocycles. The summed E-state index contributed by atoms with van der Waals surface area (Å²) in [5, 5.41) is 13.2. The number of likely N-dealkylation sites (N-methyl/N-ethyl adjacent to an activating group) is 1. The molecule has 1 N–H and O–H groups in total. The summed E-state index contributed by atoms with van der Waals surface area (Å²) < 4.78 is 2.65. The van der Waals surface area contributed by atoms with Crippen LogP contribution >= 0.6 is 15.9 Å². The molecular formula is C14H16BrN3O2. The number of benzene rings is 1. The molecule has 0 bridgehead atoms.